The second kappa shape index (κ2) is 9.08. The number of morpholine rings is 1. The molecular formula is C21H22ClNO3. The first kappa shape index (κ1) is 18.8. The van der Waals surface area contributed by atoms with Gasteiger partial charge in [-0.3, -0.25) is 14.5 Å². The highest BCUT2D eigenvalue weighted by Gasteiger charge is 2.27. The van der Waals surface area contributed by atoms with Crippen LogP contribution >= 0.6 is 11.6 Å². The van der Waals surface area contributed by atoms with Gasteiger partial charge in [-0.05, 0) is 17.7 Å². The number of benzene rings is 2. The van der Waals surface area contributed by atoms with E-state index >= 15 is 0 Å². The third-order valence-corrected chi connectivity index (χ3v) is 4.86. The molecule has 1 saturated heterocycles. The number of ether oxygens (including phenoxy) is 1. The fourth-order valence-corrected chi connectivity index (χ4v) is 3.34. The van der Waals surface area contributed by atoms with Crippen molar-refractivity contribution in [3.63, 3.8) is 0 Å². The van der Waals surface area contributed by atoms with Gasteiger partial charge in [-0.15, -0.1) is 0 Å². The molecule has 2 aromatic rings. The minimum atomic E-state index is -0.466. The molecule has 0 radical (unpaired) electrons. The second-order valence-electron chi connectivity index (χ2n) is 6.45. The molecule has 0 aromatic heterocycles. The molecule has 0 saturated carbocycles. The first-order chi connectivity index (χ1) is 12.6. The van der Waals surface area contributed by atoms with Gasteiger partial charge in [0.25, 0.3) is 0 Å². The molecule has 5 heteroatoms. The number of hydrogen-bond donors (Lipinski definition) is 0. The summed E-state index contributed by atoms with van der Waals surface area (Å²) in [6, 6.07) is 17.1. The molecule has 1 aliphatic rings. The third-order valence-electron chi connectivity index (χ3n) is 4.53. The molecule has 0 N–H and O–H groups in total. The quantitative estimate of drug-likeness (QED) is 0.695. The smallest absolute Gasteiger partial charge is 0.164 e. The number of carbonyl (C=O) groups is 2. The third kappa shape index (κ3) is 5.01. The van der Waals surface area contributed by atoms with Gasteiger partial charge in [-0.25, -0.2) is 0 Å². The maximum Gasteiger partial charge on any atom is 0.164 e. The predicted molar refractivity (Wildman–Crippen MR) is 101 cm³/mol. The summed E-state index contributed by atoms with van der Waals surface area (Å²) in [6.45, 7) is 2.69. The lowest BCUT2D eigenvalue weighted by Crippen LogP contribution is -2.45. The zero-order valence-corrected chi connectivity index (χ0v) is 15.3. The molecule has 0 aliphatic carbocycles. The molecule has 4 nitrogen and oxygen atoms in total. The van der Waals surface area contributed by atoms with E-state index in [9.17, 15) is 9.59 Å². The van der Waals surface area contributed by atoms with Gasteiger partial charge < -0.3 is 4.74 Å². The zero-order chi connectivity index (χ0) is 18.4. The molecule has 2 aromatic carbocycles. The Balaban J connectivity index is 1.51. The van der Waals surface area contributed by atoms with Gasteiger partial charge in [0.2, 0.25) is 0 Å². The van der Waals surface area contributed by atoms with E-state index in [0.717, 1.165) is 13.1 Å². The van der Waals surface area contributed by atoms with Crippen LogP contribution in [0.1, 0.15) is 28.8 Å². The molecule has 0 bridgehead atoms. The molecule has 1 unspecified atom stereocenters. The molecule has 136 valence electrons. The van der Waals surface area contributed by atoms with E-state index in [1.54, 1.807) is 24.3 Å². The number of Topliss-reactive ketones (excluding diaryl/α,β-unsaturated/α-hetero) is 2. The fourth-order valence-electron chi connectivity index (χ4n) is 3.10. The van der Waals surface area contributed by atoms with Gasteiger partial charge >= 0.3 is 0 Å². The summed E-state index contributed by atoms with van der Waals surface area (Å²) in [6.07, 6.45) is -0.138. The van der Waals surface area contributed by atoms with Crippen LogP contribution in [-0.4, -0.2) is 42.3 Å². The van der Waals surface area contributed by atoms with Crippen LogP contribution < -0.4 is 0 Å². The Morgan fingerprint density at radius 2 is 1.77 bits per heavy atom. The lowest BCUT2D eigenvalue weighted by Gasteiger charge is -2.32. The summed E-state index contributed by atoms with van der Waals surface area (Å²) in [5.41, 5.74) is 1.69. The SMILES string of the molecule is O=C(CCC(=O)C1CN(Cc2ccccc2)CCO1)c1ccccc1Cl. The summed E-state index contributed by atoms with van der Waals surface area (Å²) in [5, 5.41) is 0.424. The highest BCUT2D eigenvalue weighted by molar-refractivity contribution is 6.34. The van der Waals surface area contributed by atoms with E-state index in [1.165, 1.54) is 5.56 Å². The van der Waals surface area contributed by atoms with Crippen molar-refractivity contribution in [2.45, 2.75) is 25.5 Å². The summed E-state index contributed by atoms with van der Waals surface area (Å²) >= 11 is 6.04. The summed E-state index contributed by atoms with van der Waals surface area (Å²) in [4.78, 5) is 27.0. The Morgan fingerprint density at radius 3 is 2.54 bits per heavy atom. The normalized spacial score (nSPS) is 17.8. The van der Waals surface area contributed by atoms with Crippen LogP contribution in [0.15, 0.2) is 54.6 Å². The largest absolute Gasteiger partial charge is 0.368 e. The van der Waals surface area contributed by atoms with Crippen molar-refractivity contribution >= 4 is 23.2 Å². The van der Waals surface area contributed by atoms with E-state index in [4.69, 9.17) is 16.3 Å². The zero-order valence-electron chi connectivity index (χ0n) is 14.6. The Labute approximate surface area is 158 Å². The minimum absolute atomic E-state index is 0.0248. The standard InChI is InChI=1S/C21H22ClNO3/c22-18-9-5-4-8-17(18)19(24)10-11-20(25)21-15-23(12-13-26-21)14-16-6-2-1-3-7-16/h1-9,21H,10-15H2. The molecular weight excluding hydrogens is 350 g/mol. The molecule has 1 heterocycles. The van der Waals surface area contributed by atoms with Gasteiger partial charge in [-0.1, -0.05) is 54.1 Å². The Kier molecular flexibility index (Phi) is 6.56. The highest BCUT2D eigenvalue weighted by Crippen LogP contribution is 2.18. The van der Waals surface area contributed by atoms with Crippen molar-refractivity contribution in [3.8, 4) is 0 Å². The molecule has 1 fully saturated rings. The molecule has 0 spiro atoms. The number of carbonyl (C=O) groups excluding carboxylic acids is 2. The van der Waals surface area contributed by atoms with Crippen molar-refractivity contribution in [2.75, 3.05) is 19.7 Å². The fraction of sp³-hybridized carbons (Fsp3) is 0.333. The van der Waals surface area contributed by atoms with E-state index in [-0.39, 0.29) is 24.4 Å². The number of rotatable bonds is 7. The first-order valence-electron chi connectivity index (χ1n) is 8.82. The molecule has 0 amide bonds. The number of hydrogen-bond acceptors (Lipinski definition) is 4. The van der Waals surface area contributed by atoms with Gasteiger partial charge in [0.05, 0.1) is 11.6 Å². The Morgan fingerprint density at radius 1 is 1.04 bits per heavy atom. The van der Waals surface area contributed by atoms with Crippen LogP contribution in [0.5, 0.6) is 0 Å². The van der Waals surface area contributed by atoms with Crippen molar-refractivity contribution in [1.29, 1.82) is 0 Å². The van der Waals surface area contributed by atoms with Crippen LogP contribution in [0.4, 0.5) is 0 Å². The van der Waals surface area contributed by atoms with Crippen LogP contribution in [0.3, 0.4) is 0 Å². The maximum atomic E-state index is 12.5. The second-order valence-corrected chi connectivity index (χ2v) is 6.86. The molecule has 3 rings (SSSR count). The van der Waals surface area contributed by atoms with Gasteiger partial charge in [0, 0.05) is 38.0 Å². The molecule has 1 aliphatic heterocycles. The lowest BCUT2D eigenvalue weighted by atomic mass is 10.0. The van der Waals surface area contributed by atoms with E-state index in [2.05, 4.69) is 17.0 Å². The Bertz CT molecular complexity index is 763. The predicted octanol–water partition coefficient (Wildman–Crippen LogP) is 3.77. The average Bonchev–Trinajstić information content (AvgIpc) is 2.67. The number of ketones is 2. The highest BCUT2D eigenvalue weighted by atomic mass is 35.5. The average molecular weight is 372 g/mol. The van der Waals surface area contributed by atoms with Crippen molar-refractivity contribution < 1.29 is 14.3 Å². The van der Waals surface area contributed by atoms with Gasteiger partial charge in [0.1, 0.15) is 6.10 Å². The number of nitrogens with zero attached hydrogens (tertiary/aromatic N) is 1. The van der Waals surface area contributed by atoms with Crippen LogP contribution in [0, 0.1) is 0 Å². The Hall–Kier alpha value is -2.01. The molecule has 1 atom stereocenters. The van der Waals surface area contributed by atoms with Gasteiger partial charge in [-0.2, -0.15) is 0 Å². The monoisotopic (exact) mass is 371 g/mol. The van der Waals surface area contributed by atoms with Crippen molar-refractivity contribution in [3.05, 3.63) is 70.7 Å². The molecule has 26 heavy (non-hydrogen) atoms. The minimum Gasteiger partial charge on any atom is -0.368 e. The maximum absolute atomic E-state index is 12.5. The summed E-state index contributed by atoms with van der Waals surface area (Å²) < 4.78 is 5.64. The van der Waals surface area contributed by atoms with Crippen molar-refractivity contribution in [2.24, 2.45) is 0 Å². The van der Waals surface area contributed by atoms with E-state index in [0.29, 0.717) is 23.7 Å². The van der Waals surface area contributed by atoms with Gasteiger partial charge in [0.15, 0.2) is 11.6 Å². The lowest BCUT2D eigenvalue weighted by molar-refractivity contribution is -0.136. The van der Waals surface area contributed by atoms with Crippen LogP contribution in [0.2, 0.25) is 5.02 Å². The first-order valence-corrected chi connectivity index (χ1v) is 9.19. The van der Waals surface area contributed by atoms with Crippen LogP contribution in [0.25, 0.3) is 0 Å². The van der Waals surface area contributed by atoms with E-state index in [1.807, 2.05) is 18.2 Å². The van der Waals surface area contributed by atoms with Crippen molar-refractivity contribution in [1.82, 2.24) is 4.90 Å². The topological polar surface area (TPSA) is 46.6 Å². The summed E-state index contributed by atoms with van der Waals surface area (Å²) in [5.74, 6) is -0.135. The van der Waals surface area contributed by atoms with Crippen LogP contribution in [-0.2, 0) is 16.1 Å². The summed E-state index contributed by atoms with van der Waals surface area (Å²) in [7, 11) is 0. The van der Waals surface area contributed by atoms with E-state index < -0.39 is 6.10 Å². The number of halogens is 1.